The minimum absolute atomic E-state index is 0.122. The van der Waals surface area contributed by atoms with E-state index in [0.29, 0.717) is 0 Å². The van der Waals surface area contributed by atoms with E-state index in [-0.39, 0.29) is 10.6 Å². The van der Waals surface area contributed by atoms with Gasteiger partial charge in [-0.15, -0.1) is 0 Å². The van der Waals surface area contributed by atoms with Gasteiger partial charge in [0.1, 0.15) is 5.76 Å². The molecule has 0 saturated carbocycles. The van der Waals surface area contributed by atoms with Gasteiger partial charge in [0, 0.05) is 12.1 Å². The number of rotatable bonds is 3. The second-order valence-corrected chi connectivity index (χ2v) is 3.83. The van der Waals surface area contributed by atoms with Crippen LogP contribution in [0.2, 0.25) is 0 Å². The first-order valence-corrected chi connectivity index (χ1v) is 5.40. The molecule has 1 aromatic rings. The number of non-ortho nitro benzene ring substituents is 1. The van der Waals surface area contributed by atoms with Crippen molar-refractivity contribution < 1.29 is 9.66 Å². The summed E-state index contributed by atoms with van der Waals surface area (Å²) in [6, 6.07) is 6.70. The van der Waals surface area contributed by atoms with Gasteiger partial charge >= 0.3 is 0 Å². The summed E-state index contributed by atoms with van der Waals surface area (Å²) in [7, 11) is 1.62. The zero-order chi connectivity index (χ0) is 12.3. The summed E-state index contributed by atoms with van der Waals surface area (Å²) in [5.41, 5.74) is 2.09. The summed E-state index contributed by atoms with van der Waals surface area (Å²) in [4.78, 5) is 10.3. The maximum absolute atomic E-state index is 10.7. The van der Waals surface area contributed by atoms with Crippen LogP contribution in [0.5, 0.6) is 0 Å². The largest absolute Gasteiger partial charge is 0.497 e. The van der Waals surface area contributed by atoms with Gasteiger partial charge in [0.15, 0.2) is 0 Å². The highest BCUT2D eigenvalue weighted by Crippen LogP contribution is 2.28. The topological polar surface area (TPSA) is 52.4 Å². The Bertz CT molecular complexity index is 503. The van der Waals surface area contributed by atoms with E-state index in [4.69, 9.17) is 4.74 Å². The number of benzene rings is 1. The van der Waals surface area contributed by atoms with Crippen LogP contribution < -0.4 is 0 Å². The molecule has 0 aromatic heterocycles. The van der Waals surface area contributed by atoms with E-state index >= 15 is 0 Å². The van der Waals surface area contributed by atoms with Crippen LogP contribution in [0.4, 0.5) is 5.69 Å². The molecule has 4 nitrogen and oxygen atoms in total. The van der Waals surface area contributed by atoms with Crippen molar-refractivity contribution in [1.29, 1.82) is 0 Å². The molecule has 17 heavy (non-hydrogen) atoms. The fourth-order valence-corrected chi connectivity index (χ4v) is 1.86. The van der Waals surface area contributed by atoms with Crippen LogP contribution in [0.25, 0.3) is 5.57 Å². The number of methoxy groups -OCH3 is 1. The Labute approximate surface area is 99.4 Å². The Hall–Kier alpha value is -2.10. The van der Waals surface area contributed by atoms with Gasteiger partial charge in [0.25, 0.3) is 5.69 Å². The monoisotopic (exact) mass is 231 g/mol. The van der Waals surface area contributed by atoms with E-state index in [1.165, 1.54) is 6.07 Å². The minimum atomic E-state index is -0.375. The van der Waals surface area contributed by atoms with Crippen LogP contribution in [0, 0.1) is 10.1 Å². The van der Waals surface area contributed by atoms with Crippen molar-refractivity contribution in [3.8, 4) is 0 Å². The first-order chi connectivity index (χ1) is 8.20. The number of hydrogen-bond donors (Lipinski definition) is 0. The Balaban J connectivity index is 2.34. The van der Waals surface area contributed by atoms with Crippen molar-refractivity contribution >= 4 is 11.3 Å². The second kappa shape index (κ2) is 4.82. The fraction of sp³-hybridized carbons (Fsp3) is 0.231. The van der Waals surface area contributed by atoms with Crippen LogP contribution >= 0.6 is 0 Å². The van der Waals surface area contributed by atoms with E-state index in [1.54, 1.807) is 19.2 Å². The van der Waals surface area contributed by atoms with Crippen molar-refractivity contribution in [1.82, 2.24) is 0 Å². The summed E-state index contributed by atoms with van der Waals surface area (Å²) >= 11 is 0. The molecule has 0 aliphatic heterocycles. The molecule has 1 aliphatic rings. The third kappa shape index (κ3) is 2.53. The van der Waals surface area contributed by atoms with Crippen LogP contribution in [-0.4, -0.2) is 12.0 Å². The predicted molar refractivity (Wildman–Crippen MR) is 65.4 cm³/mol. The van der Waals surface area contributed by atoms with E-state index in [9.17, 15) is 10.1 Å². The number of nitro groups is 1. The second-order valence-electron chi connectivity index (χ2n) is 3.83. The Kier molecular flexibility index (Phi) is 3.23. The van der Waals surface area contributed by atoms with Gasteiger partial charge in [0.05, 0.1) is 12.0 Å². The summed E-state index contributed by atoms with van der Waals surface area (Å²) < 4.78 is 5.17. The molecule has 0 atom stereocenters. The molecule has 2 rings (SSSR count). The molecular weight excluding hydrogens is 218 g/mol. The molecule has 88 valence electrons. The molecule has 0 fully saturated rings. The quantitative estimate of drug-likeness (QED) is 0.592. The SMILES string of the molecule is COC1=CCCC(c2cccc([N+](=O)[O-])c2)=C1. The zero-order valence-corrected chi connectivity index (χ0v) is 9.55. The molecular formula is C13H13NO3. The van der Waals surface area contributed by atoms with Gasteiger partial charge < -0.3 is 4.74 Å². The first-order valence-electron chi connectivity index (χ1n) is 5.40. The highest BCUT2D eigenvalue weighted by atomic mass is 16.6. The third-order valence-corrected chi connectivity index (χ3v) is 2.74. The molecule has 1 aliphatic carbocycles. The molecule has 0 heterocycles. The predicted octanol–water partition coefficient (Wildman–Crippen LogP) is 3.30. The zero-order valence-electron chi connectivity index (χ0n) is 9.55. The molecule has 0 amide bonds. The number of allylic oxidation sites excluding steroid dienone is 3. The molecule has 0 radical (unpaired) electrons. The van der Waals surface area contributed by atoms with Gasteiger partial charge in [0.2, 0.25) is 0 Å². The summed E-state index contributed by atoms with van der Waals surface area (Å²) in [6.45, 7) is 0. The minimum Gasteiger partial charge on any atom is -0.497 e. The molecule has 0 unspecified atom stereocenters. The highest BCUT2D eigenvalue weighted by molar-refractivity contribution is 5.70. The van der Waals surface area contributed by atoms with Gasteiger partial charge in [-0.3, -0.25) is 10.1 Å². The highest BCUT2D eigenvalue weighted by Gasteiger charge is 2.11. The van der Waals surface area contributed by atoms with Gasteiger partial charge in [-0.05, 0) is 36.1 Å². The summed E-state index contributed by atoms with van der Waals surface area (Å²) in [5, 5.41) is 10.7. The molecule has 0 N–H and O–H groups in total. The number of nitrogens with zero attached hydrogens (tertiary/aromatic N) is 1. The normalized spacial score (nSPS) is 14.9. The standard InChI is InChI=1S/C13H13NO3/c1-17-13-7-3-5-11(9-13)10-4-2-6-12(8-10)14(15)16/h2,4,6-9H,3,5H2,1H3. The van der Waals surface area contributed by atoms with Crippen LogP contribution in [0.1, 0.15) is 18.4 Å². The lowest BCUT2D eigenvalue weighted by molar-refractivity contribution is -0.384. The van der Waals surface area contributed by atoms with Gasteiger partial charge in [-0.1, -0.05) is 12.1 Å². The average molecular weight is 231 g/mol. The van der Waals surface area contributed by atoms with Crippen LogP contribution in [0.3, 0.4) is 0 Å². The molecule has 0 bridgehead atoms. The van der Waals surface area contributed by atoms with E-state index in [1.807, 2.05) is 18.2 Å². The molecule has 0 spiro atoms. The van der Waals surface area contributed by atoms with Gasteiger partial charge in [-0.25, -0.2) is 0 Å². The third-order valence-electron chi connectivity index (χ3n) is 2.74. The summed E-state index contributed by atoms with van der Waals surface area (Å²) in [5.74, 6) is 0.817. The first kappa shape index (κ1) is 11.4. The lowest BCUT2D eigenvalue weighted by atomic mass is 9.96. The molecule has 4 heteroatoms. The number of nitro benzene ring substituents is 1. The lowest BCUT2D eigenvalue weighted by Gasteiger charge is -2.13. The molecule has 1 aromatic carbocycles. The van der Waals surface area contributed by atoms with E-state index in [2.05, 4.69) is 0 Å². The average Bonchev–Trinajstić information content (AvgIpc) is 2.39. The molecule has 0 saturated heterocycles. The van der Waals surface area contributed by atoms with Crippen LogP contribution in [0.15, 0.2) is 42.2 Å². The fourth-order valence-electron chi connectivity index (χ4n) is 1.86. The van der Waals surface area contributed by atoms with Crippen molar-refractivity contribution in [3.05, 3.63) is 57.9 Å². The van der Waals surface area contributed by atoms with E-state index < -0.39 is 0 Å². The maximum atomic E-state index is 10.7. The Morgan fingerprint density at radius 1 is 1.41 bits per heavy atom. The Morgan fingerprint density at radius 2 is 2.24 bits per heavy atom. The lowest BCUT2D eigenvalue weighted by Crippen LogP contribution is -1.95. The Morgan fingerprint density at radius 3 is 2.94 bits per heavy atom. The van der Waals surface area contributed by atoms with Crippen LogP contribution in [-0.2, 0) is 4.74 Å². The van der Waals surface area contributed by atoms with E-state index in [0.717, 1.165) is 29.7 Å². The van der Waals surface area contributed by atoms with Crippen molar-refractivity contribution in [2.75, 3.05) is 7.11 Å². The smallest absolute Gasteiger partial charge is 0.270 e. The van der Waals surface area contributed by atoms with Gasteiger partial charge in [-0.2, -0.15) is 0 Å². The van der Waals surface area contributed by atoms with Crippen molar-refractivity contribution in [2.45, 2.75) is 12.8 Å². The number of hydrogen-bond acceptors (Lipinski definition) is 3. The van der Waals surface area contributed by atoms with Crippen molar-refractivity contribution in [3.63, 3.8) is 0 Å². The maximum Gasteiger partial charge on any atom is 0.270 e. The summed E-state index contributed by atoms with van der Waals surface area (Å²) in [6.07, 6.45) is 5.73. The number of ether oxygens (including phenoxy) is 1. The van der Waals surface area contributed by atoms with Crippen molar-refractivity contribution in [2.24, 2.45) is 0 Å².